The van der Waals surface area contributed by atoms with Crippen LogP contribution in [0.15, 0.2) is 151 Å². The van der Waals surface area contributed by atoms with Gasteiger partial charge in [0.2, 0.25) is 0 Å². The van der Waals surface area contributed by atoms with Crippen LogP contribution in [0.1, 0.15) is 74.1 Å². The summed E-state index contributed by atoms with van der Waals surface area (Å²) in [6, 6.07) is 48.1. The Balaban J connectivity index is 0.000000296. The van der Waals surface area contributed by atoms with E-state index in [4.69, 9.17) is 20.2 Å². The van der Waals surface area contributed by atoms with E-state index in [9.17, 15) is 9.59 Å². The number of benzene rings is 5. The fourth-order valence-corrected chi connectivity index (χ4v) is 10.4. The largest absolute Gasteiger partial charge is 0.512 e. The summed E-state index contributed by atoms with van der Waals surface area (Å²) in [5.41, 5.74) is 18.0. The van der Waals surface area contributed by atoms with E-state index in [1.807, 2.05) is 35.1 Å². The quantitative estimate of drug-likeness (QED) is 0.0937. The van der Waals surface area contributed by atoms with Gasteiger partial charge in [-0.1, -0.05) is 120 Å². The van der Waals surface area contributed by atoms with E-state index >= 15 is 0 Å². The van der Waals surface area contributed by atoms with Gasteiger partial charge in [0, 0.05) is 94.7 Å². The molecule has 0 atom stereocenters. The Morgan fingerprint density at radius 2 is 1.03 bits per heavy atom. The van der Waals surface area contributed by atoms with E-state index in [2.05, 4.69) is 176 Å². The Labute approximate surface area is 461 Å². The van der Waals surface area contributed by atoms with Crippen LogP contribution in [0.5, 0.6) is 0 Å². The number of hydrogen-bond acceptors (Lipinski definition) is 8. The van der Waals surface area contributed by atoms with Crippen LogP contribution in [0.3, 0.4) is 0 Å². The van der Waals surface area contributed by atoms with Gasteiger partial charge in [-0.15, -0.1) is 92.5 Å². The van der Waals surface area contributed by atoms with Gasteiger partial charge in [0.15, 0.2) is 11.6 Å². The van der Waals surface area contributed by atoms with Gasteiger partial charge >= 0.3 is 0 Å². The van der Waals surface area contributed by atoms with Crippen molar-refractivity contribution in [3.63, 3.8) is 0 Å². The van der Waals surface area contributed by atoms with E-state index in [0.717, 1.165) is 33.6 Å². The first-order chi connectivity index (χ1) is 32.8. The van der Waals surface area contributed by atoms with Crippen molar-refractivity contribution in [3.05, 3.63) is 202 Å². The number of pyridine rings is 2. The molecule has 0 fully saturated rings. The number of aryl methyl sites for hydroxylation is 7. The van der Waals surface area contributed by atoms with Crippen LogP contribution < -0.4 is 0 Å². The van der Waals surface area contributed by atoms with E-state index in [-0.39, 0.29) is 70.7 Å². The van der Waals surface area contributed by atoms with Crippen LogP contribution in [0.4, 0.5) is 0 Å². The molecular weight excluding hydrogens is 1290 g/mol. The second kappa shape index (κ2) is 27.7. The molecule has 0 aliphatic carbocycles. The number of aliphatic hydroxyl groups is 2. The second-order valence-corrected chi connectivity index (χ2v) is 19.5. The molecule has 4 aromatic heterocycles. The number of carbonyl (C=O) groups excluding carboxylic acids is 2. The minimum Gasteiger partial charge on any atom is -0.512 e. The molecule has 5 aromatic carbocycles. The molecule has 0 aliphatic heterocycles. The summed E-state index contributed by atoms with van der Waals surface area (Å²) in [6.45, 7) is 20.6. The van der Waals surface area contributed by atoms with E-state index < -0.39 is 0 Å². The zero-order valence-corrected chi connectivity index (χ0v) is 48.3. The SMILES string of the molecule is C.CC(=O)C=C(C)O.CC(=O)C=C(C)O.Cc1[c-]c(-c2cc3sc(-c4ccc(-c5c(C)cccc5C)cc4)cc3cn2)cc(C)c1.Cc1[c-]c(-c2cc3sc(-c4ccccc4)c(C)c3cn2)cc(C)c1.[Ir].[Ir]. The second-order valence-electron chi connectivity index (χ2n) is 17.4. The third-order valence-electron chi connectivity index (χ3n) is 10.9. The normalized spacial score (nSPS) is 10.8. The monoisotopic (exact) mass is 1350 g/mol. The molecule has 0 bridgehead atoms. The number of carbonyl (C=O) groups is 2. The zero-order chi connectivity index (χ0) is 49.9. The van der Waals surface area contributed by atoms with Crippen molar-refractivity contribution in [2.24, 2.45) is 0 Å². The molecule has 0 saturated heterocycles. The summed E-state index contributed by atoms with van der Waals surface area (Å²) in [6.07, 6.45) is 6.33. The zero-order valence-electron chi connectivity index (χ0n) is 41.9. The molecule has 376 valence electrons. The van der Waals surface area contributed by atoms with E-state index in [1.54, 1.807) is 0 Å². The van der Waals surface area contributed by atoms with Crippen LogP contribution in [0.2, 0.25) is 0 Å². The van der Waals surface area contributed by atoms with E-state index in [0.29, 0.717) is 0 Å². The molecule has 0 saturated carbocycles. The number of allylic oxidation sites excluding steroid dienone is 4. The van der Waals surface area contributed by atoms with Crippen molar-refractivity contribution in [2.45, 2.75) is 83.6 Å². The van der Waals surface area contributed by atoms with Crippen molar-refractivity contribution in [1.29, 1.82) is 0 Å². The van der Waals surface area contributed by atoms with Crippen LogP contribution >= 0.6 is 22.7 Å². The van der Waals surface area contributed by atoms with Crippen LogP contribution in [-0.2, 0) is 49.8 Å². The number of ketones is 2. The molecule has 10 heteroatoms. The average molecular weight is 1350 g/mol. The Morgan fingerprint density at radius 1 is 0.542 bits per heavy atom. The molecule has 0 unspecified atom stereocenters. The predicted molar refractivity (Wildman–Crippen MR) is 298 cm³/mol. The summed E-state index contributed by atoms with van der Waals surface area (Å²) in [4.78, 5) is 32.1. The first-order valence-electron chi connectivity index (χ1n) is 22.6. The fourth-order valence-electron chi connectivity index (χ4n) is 8.07. The predicted octanol–water partition coefficient (Wildman–Crippen LogP) is 17.4. The molecule has 9 aromatic rings. The van der Waals surface area contributed by atoms with Crippen molar-refractivity contribution in [3.8, 4) is 54.5 Å². The summed E-state index contributed by atoms with van der Waals surface area (Å²) < 4.78 is 2.54. The Kier molecular flexibility index (Phi) is 23.3. The number of aromatic nitrogens is 2. The third kappa shape index (κ3) is 16.5. The van der Waals surface area contributed by atoms with Gasteiger partial charge in [-0.3, -0.25) is 9.59 Å². The van der Waals surface area contributed by atoms with Crippen molar-refractivity contribution in [2.75, 3.05) is 0 Å². The number of thiophene rings is 2. The molecule has 0 spiro atoms. The molecule has 2 N–H and O–H groups in total. The molecule has 6 nitrogen and oxygen atoms in total. The summed E-state index contributed by atoms with van der Waals surface area (Å²) in [7, 11) is 0. The standard InChI is InChI=1S/C29H24NS.C22H18NS.2C5H8O2.CH4.2Ir/c1-18-12-19(2)14-24(13-18)26-16-28-25(17-30-26)15-27(31-28)22-8-10-23(11-9-22)29-20(3)6-5-7-21(29)4;1-14-9-15(2)11-18(10-14)20-12-21-19(13-23-20)16(3)22(24-21)17-7-5-4-6-8-17;2*1-4(6)3-5(2)7;;;/h5-13,15-17H,1-4H3;4-10,12-13H,1-3H3;2*3,6H,1-2H3;1H4;;/q2*-1;;;;;. The average Bonchev–Trinajstić information content (AvgIpc) is 3.86. The minimum atomic E-state index is -0.125. The van der Waals surface area contributed by atoms with Gasteiger partial charge in [0.1, 0.15) is 0 Å². The number of nitrogens with zero attached hydrogens (tertiary/aromatic N) is 2. The van der Waals surface area contributed by atoms with Gasteiger partial charge in [-0.2, -0.15) is 0 Å². The topological polar surface area (TPSA) is 100 Å². The summed E-state index contributed by atoms with van der Waals surface area (Å²) in [5, 5.41) is 19.2. The maximum Gasteiger partial charge on any atom is 0.155 e. The smallest absolute Gasteiger partial charge is 0.155 e. The fraction of sp³-hybridized carbons (Fsp3) is 0.194. The Hall–Kier alpha value is -5.96. The molecule has 72 heavy (non-hydrogen) atoms. The molecular formula is C62H62Ir2N2O4S2-2. The van der Waals surface area contributed by atoms with Gasteiger partial charge in [-0.05, 0) is 105 Å². The third-order valence-corrected chi connectivity index (χ3v) is 13.3. The molecule has 0 aliphatic rings. The molecule has 4 heterocycles. The summed E-state index contributed by atoms with van der Waals surface area (Å²) >= 11 is 3.66. The summed E-state index contributed by atoms with van der Waals surface area (Å²) in [5.74, 6) is -0.125. The maximum absolute atomic E-state index is 10.0. The van der Waals surface area contributed by atoms with Gasteiger partial charge in [0.25, 0.3) is 0 Å². The van der Waals surface area contributed by atoms with E-state index in [1.165, 1.54) is 120 Å². The number of fused-ring (bicyclic) bond motifs is 2. The number of rotatable bonds is 7. The van der Waals surface area contributed by atoms with Gasteiger partial charge in [-0.25, -0.2) is 0 Å². The first kappa shape index (κ1) is 60.3. The van der Waals surface area contributed by atoms with Crippen molar-refractivity contribution in [1.82, 2.24) is 9.97 Å². The molecule has 2 radical (unpaired) electrons. The van der Waals surface area contributed by atoms with Crippen molar-refractivity contribution < 1.29 is 60.0 Å². The molecule has 0 amide bonds. The van der Waals surface area contributed by atoms with Crippen LogP contribution in [0.25, 0.3) is 74.7 Å². The van der Waals surface area contributed by atoms with Crippen molar-refractivity contribution >= 4 is 54.4 Å². The number of hydrogen-bond donors (Lipinski definition) is 2. The molecule has 9 rings (SSSR count). The maximum atomic E-state index is 10.0. The first-order valence-corrected chi connectivity index (χ1v) is 24.3. The van der Waals surface area contributed by atoms with Gasteiger partial charge in [0.05, 0.1) is 11.5 Å². The minimum absolute atomic E-state index is 0. The Bertz CT molecular complexity index is 3260. The Morgan fingerprint density at radius 3 is 1.50 bits per heavy atom. The van der Waals surface area contributed by atoms with Crippen LogP contribution in [0, 0.1) is 60.6 Å². The van der Waals surface area contributed by atoms with Gasteiger partial charge < -0.3 is 20.2 Å². The van der Waals surface area contributed by atoms with Crippen LogP contribution in [-0.4, -0.2) is 31.7 Å². The number of aliphatic hydroxyl groups excluding tert-OH is 2.